The Hall–Kier alpha value is -4.26. The number of hydrogen-bond acceptors (Lipinski definition) is 4. The summed E-state index contributed by atoms with van der Waals surface area (Å²) in [6.45, 7) is 0. The van der Waals surface area contributed by atoms with Crippen molar-refractivity contribution in [2.24, 2.45) is 0 Å². The normalized spacial score (nSPS) is 18.1. The lowest BCUT2D eigenvalue weighted by molar-refractivity contribution is -0.132. The van der Waals surface area contributed by atoms with Crippen LogP contribution in [-0.2, 0) is 9.59 Å². The molecule has 1 unspecified atom stereocenters. The van der Waals surface area contributed by atoms with Crippen molar-refractivity contribution in [2.75, 3.05) is 4.90 Å². The van der Waals surface area contributed by atoms with Crippen molar-refractivity contribution < 1.29 is 19.1 Å². The van der Waals surface area contributed by atoms with E-state index >= 15 is 0 Å². The number of aliphatic hydroxyl groups excluding tert-OH is 1. The molecule has 4 aromatic rings. The zero-order chi connectivity index (χ0) is 21.5. The first-order chi connectivity index (χ1) is 15.0. The Morgan fingerprint density at radius 3 is 2.32 bits per heavy atom. The average Bonchev–Trinajstić information content (AvgIpc) is 3.33. The third-order valence-electron chi connectivity index (χ3n) is 5.28. The number of halogens is 1. The minimum atomic E-state index is -0.971. The molecule has 1 fully saturated rings. The highest BCUT2D eigenvalue weighted by atomic mass is 19.1. The molecule has 2 heterocycles. The van der Waals surface area contributed by atoms with Crippen LogP contribution in [0.2, 0.25) is 0 Å². The van der Waals surface area contributed by atoms with Crippen molar-refractivity contribution in [3.05, 3.63) is 101 Å². The number of amides is 1. The van der Waals surface area contributed by atoms with Gasteiger partial charge in [0.15, 0.2) is 0 Å². The number of Topliss-reactive ketones (excluding diaryl/α,β-unsaturated/α-hetero) is 1. The van der Waals surface area contributed by atoms with E-state index in [9.17, 15) is 19.1 Å². The number of para-hydroxylation sites is 2. The number of imidazole rings is 1. The van der Waals surface area contributed by atoms with Gasteiger partial charge in [-0.25, -0.2) is 9.37 Å². The maximum atomic E-state index is 13.6. The standard InChI is InChI=1S/C24H16FN3O3/c25-16-12-10-14(11-13-16)20-19(21(29)15-6-2-1-3-7-15)22(30)23(31)28(20)24-26-17-8-4-5-9-18(17)27-24/h1-13,20,29H,(H,26,27)/b21-19+. The zero-order valence-corrected chi connectivity index (χ0v) is 16.1. The number of ketones is 1. The van der Waals surface area contributed by atoms with Gasteiger partial charge in [0.05, 0.1) is 22.6 Å². The van der Waals surface area contributed by atoms with E-state index in [1.165, 1.54) is 29.2 Å². The fourth-order valence-corrected chi connectivity index (χ4v) is 3.82. The fraction of sp³-hybridized carbons (Fsp3) is 0.0417. The van der Waals surface area contributed by atoms with Crippen LogP contribution in [-0.4, -0.2) is 26.8 Å². The van der Waals surface area contributed by atoms with Crippen LogP contribution in [0.5, 0.6) is 0 Å². The summed E-state index contributed by atoms with van der Waals surface area (Å²) in [7, 11) is 0. The van der Waals surface area contributed by atoms with Crippen molar-refractivity contribution in [3.8, 4) is 0 Å². The molecule has 5 rings (SSSR count). The summed E-state index contributed by atoms with van der Waals surface area (Å²) in [6, 6.07) is 20.2. The summed E-state index contributed by atoms with van der Waals surface area (Å²) in [5, 5.41) is 11.0. The monoisotopic (exact) mass is 413 g/mol. The predicted octanol–water partition coefficient (Wildman–Crippen LogP) is 4.33. The van der Waals surface area contributed by atoms with Crippen molar-refractivity contribution >= 4 is 34.4 Å². The lowest BCUT2D eigenvalue weighted by atomic mass is 9.95. The van der Waals surface area contributed by atoms with Crippen LogP contribution in [0.3, 0.4) is 0 Å². The summed E-state index contributed by atoms with van der Waals surface area (Å²) < 4.78 is 13.6. The molecule has 31 heavy (non-hydrogen) atoms. The second-order valence-electron chi connectivity index (χ2n) is 7.16. The largest absolute Gasteiger partial charge is 0.507 e. The molecular weight excluding hydrogens is 397 g/mol. The molecule has 0 spiro atoms. The summed E-state index contributed by atoms with van der Waals surface area (Å²) in [6.07, 6.45) is 0. The van der Waals surface area contributed by atoms with Crippen molar-refractivity contribution in [1.82, 2.24) is 9.97 Å². The molecule has 1 atom stereocenters. The lowest BCUT2D eigenvalue weighted by Crippen LogP contribution is -2.30. The molecule has 1 aliphatic rings. The highest BCUT2D eigenvalue weighted by Crippen LogP contribution is 2.41. The van der Waals surface area contributed by atoms with E-state index in [-0.39, 0.29) is 17.3 Å². The third-order valence-corrected chi connectivity index (χ3v) is 5.28. The molecule has 2 N–H and O–H groups in total. The SMILES string of the molecule is O=C1C(=O)N(c2nc3ccccc3[nH]2)C(c2ccc(F)cc2)/C1=C(\O)c1ccccc1. The predicted molar refractivity (Wildman–Crippen MR) is 114 cm³/mol. The van der Waals surface area contributed by atoms with Crippen LogP contribution < -0.4 is 4.90 Å². The van der Waals surface area contributed by atoms with Gasteiger partial charge in [-0.2, -0.15) is 0 Å². The molecule has 152 valence electrons. The number of nitrogens with zero attached hydrogens (tertiary/aromatic N) is 2. The average molecular weight is 413 g/mol. The highest BCUT2D eigenvalue weighted by Gasteiger charge is 2.48. The van der Waals surface area contributed by atoms with Crippen LogP contribution >= 0.6 is 0 Å². The second kappa shape index (κ2) is 7.21. The first-order valence-electron chi connectivity index (χ1n) is 9.61. The molecular formula is C24H16FN3O3. The Kier molecular flexibility index (Phi) is 4.36. The van der Waals surface area contributed by atoms with Crippen LogP contribution in [0, 0.1) is 5.82 Å². The lowest BCUT2D eigenvalue weighted by Gasteiger charge is -2.23. The van der Waals surface area contributed by atoms with E-state index in [1.807, 2.05) is 12.1 Å². The number of aliphatic hydroxyl groups is 1. The number of aromatic nitrogens is 2. The van der Waals surface area contributed by atoms with Gasteiger partial charge in [0.2, 0.25) is 5.95 Å². The summed E-state index contributed by atoms with van der Waals surface area (Å²) in [5.74, 6) is -2.24. The molecule has 0 saturated carbocycles. The molecule has 1 aromatic heterocycles. The Morgan fingerprint density at radius 1 is 0.935 bits per heavy atom. The van der Waals surface area contributed by atoms with E-state index in [0.717, 1.165) is 0 Å². The number of carbonyl (C=O) groups is 2. The number of H-pyrrole nitrogens is 1. The van der Waals surface area contributed by atoms with E-state index in [0.29, 0.717) is 22.2 Å². The number of benzene rings is 3. The Balaban J connectivity index is 1.74. The number of carbonyl (C=O) groups excluding carboxylic acids is 2. The van der Waals surface area contributed by atoms with Gasteiger partial charge in [0.25, 0.3) is 5.78 Å². The Bertz CT molecular complexity index is 1310. The molecule has 3 aromatic carbocycles. The summed E-state index contributed by atoms with van der Waals surface area (Å²) >= 11 is 0. The molecule has 1 saturated heterocycles. The molecule has 6 nitrogen and oxygen atoms in total. The van der Waals surface area contributed by atoms with E-state index in [2.05, 4.69) is 9.97 Å². The van der Waals surface area contributed by atoms with Gasteiger partial charge < -0.3 is 10.1 Å². The number of aromatic amines is 1. The number of rotatable bonds is 3. The van der Waals surface area contributed by atoms with E-state index in [4.69, 9.17) is 0 Å². The molecule has 1 aliphatic heterocycles. The topological polar surface area (TPSA) is 86.3 Å². The third kappa shape index (κ3) is 3.07. The van der Waals surface area contributed by atoms with Gasteiger partial charge in [-0.3, -0.25) is 14.5 Å². The van der Waals surface area contributed by atoms with Crippen molar-refractivity contribution in [1.29, 1.82) is 0 Å². The number of nitrogens with one attached hydrogen (secondary N) is 1. The van der Waals surface area contributed by atoms with Crippen molar-refractivity contribution in [2.45, 2.75) is 6.04 Å². The number of hydrogen-bond donors (Lipinski definition) is 2. The Morgan fingerprint density at radius 2 is 1.61 bits per heavy atom. The molecule has 0 radical (unpaired) electrons. The highest BCUT2D eigenvalue weighted by molar-refractivity contribution is 6.51. The molecule has 7 heteroatoms. The first-order valence-corrected chi connectivity index (χ1v) is 9.61. The van der Waals surface area contributed by atoms with Crippen LogP contribution in [0.15, 0.2) is 84.4 Å². The maximum absolute atomic E-state index is 13.6. The number of fused-ring (bicyclic) bond motifs is 1. The smallest absolute Gasteiger partial charge is 0.302 e. The first kappa shape index (κ1) is 18.7. The number of anilines is 1. The van der Waals surface area contributed by atoms with Gasteiger partial charge in [0.1, 0.15) is 11.6 Å². The van der Waals surface area contributed by atoms with E-state index < -0.39 is 23.5 Å². The maximum Gasteiger partial charge on any atom is 0.302 e. The molecule has 0 aliphatic carbocycles. The van der Waals surface area contributed by atoms with Gasteiger partial charge in [-0.15, -0.1) is 0 Å². The molecule has 0 bridgehead atoms. The van der Waals surface area contributed by atoms with Crippen LogP contribution in [0.4, 0.5) is 10.3 Å². The minimum absolute atomic E-state index is 0.0803. The van der Waals surface area contributed by atoms with Crippen LogP contribution in [0.25, 0.3) is 16.8 Å². The second-order valence-corrected chi connectivity index (χ2v) is 7.16. The van der Waals surface area contributed by atoms with Crippen LogP contribution in [0.1, 0.15) is 17.2 Å². The minimum Gasteiger partial charge on any atom is -0.507 e. The Labute approximate surface area is 176 Å². The van der Waals surface area contributed by atoms with Crippen molar-refractivity contribution in [3.63, 3.8) is 0 Å². The van der Waals surface area contributed by atoms with Gasteiger partial charge in [0, 0.05) is 5.56 Å². The zero-order valence-electron chi connectivity index (χ0n) is 16.1. The quantitative estimate of drug-likeness (QED) is 0.297. The van der Waals surface area contributed by atoms with Gasteiger partial charge in [-0.05, 0) is 29.8 Å². The summed E-state index contributed by atoms with van der Waals surface area (Å²) in [4.78, 5) is 34.9. The van der Waals surface area contributed by atoms with E-state index in [1.54, 1.807) is 42.5 Å². The fourth-order valence-electron chi connectivity index (χ4n) is 3.82. The van der Waals surface area contributed by atoms with Gasteiger partial charge in [-0.1, -0.05) is 54.6 Å². The molecule has 1 amide bonds. The van der Waals surface area contributed by atoms with Gasteiger partial charge >= 0.3 is 5.91 Å². The summed E-state index contributed by atoms with van der Waals surface area (Å²) in [5.41, 5.74) is 2.11.